The molecule has 1 heterocycles. The first kappa shape index (κ1) is 13.5. The minimum absolute atomic E-state index is 0.0586. The van der Waals surface area contributed by atoms with Crippen molar-refractivity contribution in [1.29, 1.82) is 0 Å². The van der Waals surface area contributed by atoms with E-state index < -0.39 is 9.84 Å². The van der Waals surface area contributed by atoms with E-state index in [2.05, 4.69) is 0 Å². The molecule has 2 N–H and O–H groups in total. The van der Waals surface area contributed by atoms with Crippen LogP contribution < -0.4 is 5.73 Å². The molecule has 104 valence electrons. The van der Waals surface area contributed by atoms with E-state index in [1.54, 1.807) is 23.9 Å². The third-order valence-electron chi connectivity index (χ3n) is 3.57. The summed E-state index contributed by atoms with van der Waals surface area (Å²) in [6.07, 6.45) is 0. The summed E-state index contributed by atoms with van der Waals surface area (Å²) in [5, 5.41) is -0.0586. The lowest BCUT2D eigenvalue weighted by molar-refractivity contribution is 0.600. The van der Waals surface area contributed by atoms with Crippen molar-refractivity contribution >= 4 is 27.3 Å². The minimum atomic E-state index is -3.15. The second-order valence-corrected chi connectivity index (χ2v) is 8.14. The zero-order valence-corrected chi connectivity index (χ0v) is 12.7. The lowest BCUT2D eigenvalue weighted by Crippen LogP contribution is -2.01. The number of hydrogen-bond donors (Lipinski definition) is 1. The quantitative estimate of drug-likeness (QED) is 0.866. The van der Waals surface area contributed by atoms with Gasteiger partial charge in [0.1, 0.15) is 0 Å². The van der Waals surface area contributed by atoms with Crippen LogP contribution in [0, 0.1) is 6.92 Å². The third kappa shape index (κ3) is 2.21. The molecule has 0 amide bonds. The highest BCUT2D eigenvalue weighted by Crippen LogP contribution is 2.46. The lowest BCUT2D eigenvalue weighted by Gasteiger charge is -2.13. The number of benzene rings is 2. The largest absolute Gasteiger partial charge is 0.398 e. The molecule has 20 heavy (non-hydrogen) atoms. The number of sulfone groups is 1. The molecule has 0 bridgehead atoms. The van der Waals surface area contributed by atoms with Gasteiger partial charge in [-0.1, -0.05) is 24.3 Å². The molecule has 1 aliphatic heterocycles. The Morgan fingerprint density at radius 2 is 1.90 bits per heavy atom. The molecule has 0 spiro atoms. The molecule has 2 aromatic carbocycles. The van der Waals surface area contributed by atoms with Gasteiger partial charge in [-0.25, -0.2) is 8.42 Å². The van der Waals surface area contributed by atoms with Crippen LogP contribution >= 0.6 is 11.8 Å². The van der Waals surface area contributed by atoms with Crippen molar-refractivity contribution in [3.05, 3.63) is 53.6 Å². The van der Waals surface area contributed by atoms with Gasteiger partial charge in [0.05, 0.1) is 15.9 Å². The number of nitrogens with two attached hydrogens (primary N) is 1. The van der Waals surface area contributed by atoms with Gasteiger partial charge in [-0.05, 0) is 36.2 Å². The van der Waals surface area contributed by atoms with Crippen LogP contribution in [0.2, 0.25) is 0 Å². The van der Waals surface area contributed by atoms with E-state index in [0.29, 0.717) is 4.90 Å². The van der Waals surface area contributed by atoms with Gasteiger partial charge in [-0.3, -0.25) is 0 Å². The molecule has 1 unspecified atom stereocenters. The number of anilines is 1. The van der Waals surface area contributed by atoms with Crippen molar-refractivity contribution in [2.45, 2.75) is 22.0 Å². The molecule has 0 fully saturated rings. The summed E-state index contributed by atoms with van der Waals surface area (Å²) >= 11 is 1.58. The zero-order valence-electron chi connectivity index (χ0n) is 11.0. The Kier molecular flexibility index (Phi) is 3.26. The number of fused-ring (bicyclic) bond motifs is 1. The van der Waals surface area contributed by atoms with Crippen LogP contribution in [0.4, 0.5) is 5.69 Å². The van der Waals surface area contributed by atoms with Crippen LogP contribution in [-0.4, -0.2) is 14.2 Å². The van der Waals surface area contributed by atoms with Crippen molar-refractivity contribution in [3.63, 3.8) is 0 Å². The molecule has 1 atom stereocenters. The number of nitrogen functional groups attached to an aromatic ring is 1. The molecule has 0 radical (unpaired) electrons. The number of rotatable bonds is 2. The maximum absolute atomic E-state index is 12.2. The summed E-state index contributed by atoms with van der Waals surface area (Å²) in [6, 6.07) is 13.0. The van der Waals surface area contributed by atoms with E-state index in [4.69, 9.17) is 5.73 Å². The van der Waals surface area contributed by atoms with Crippen LogP contribution in [0.5, 0.6) is 0 Å². The fraction of sp³-hybridized carbons (Fsp3) is 0.200. The molecule has 0 saturated heterocycles. The maximum Gasteiger partial charge on any atom is 0.180 e. The zero-order chi connectivity index (χ0) is 14.3. The average Bonchev–Trinajstić information content (AvgIpc) is 2.67. The maximum atomic E-state index is 12.2. The van der Waals surface area contributed by atoms with Gasteiger partial charge >= 0.3 is 0 Å². The van der Waals surface area contributed by atoms with Gasteiger partial charge in [0, 0.05) is 10.6 Å². The fourth-order valence-electron chi connectivity index (χ4n) is 2.42. The second kappa shape index (κ2) is 4.82. The van der Waals surface area contributed by atoms with E-state index in [1.807, 2.05) is 37.3 Å². The lowest BCUT2D eigenvalue weighted by atomic mass is 10.2. The van der Waals surface area contributed by atoms with Gasteiger partial charge in [0.25, 0.3) is 0 Å². The van der Waals surface area contributed by atoms with Crippen molar-refractivity contribution in [2.24, 2.45) is 0 Å². The van der Waals surface area contributed by atoms with Crippen LogP contribution in [0.1, 0.15) is 16.4 Å². The van der Waals surface area contributed by atoms with E-state index >= 15 is 0 Å². The summed E-state index contributed by atoms with van der Waals surface area (Å²) in [7, 11) is -3.15. The summed E-state index contributed by atoms with van der Waals surface area (Å²) in [6.45, 7) is 1.97. The first-order chi connectivity index (χ1) is 9.49. The fourth-order valence-corrected chi connectivity index (χ4v) is 6.01. The van der Waals surface area contributed by atoms with Gasteiger partial charge in [0.2, 0.25) is 0 Å². The second-order valence-electron chi connectivity index (χ2n) is 4.90. The Labute approximate surface area is 123 Å². The Balaban J connectivity index is 2.00. The number of thioether (sulfide) groups is 1. The van der Waals surface area contributed by atoms with E-state index in [-0.39, 0.29) is 11.0 Å². The average molecular weight is 305 g/mol. The molecule has 5 heteroatoms. The molecular weight excluding hydrogens is 290 g/mol. The van der Waals surface area contributed by atoms with Crippen molar-refractivity contribution in [3.8, 4) is 0 Å². The van der Waals surface area contributed by atoms with E-state index in [0.717, 1.165) is 21.7 Å². The third-order valence-corrected chi connectivity index (χ3v) is 6.99. The van der Waals surface area contributed by atoms with Gasteiger partial charge < -0.3 is 5.73 Å². The molecule has 3 rings (SSSR count). The first-order valence-corrected chi connectivity index (χ1v) is 8.85. The van der Waals surface area contributed by atoms with Crippen molar-refractivity contribution in [1.82, 2.24) is 0 Å². The summed E-state index contributed by atoms with van der Waals surface area (Å²) in [4.78, 5) is 1.51. The molecule has 0 aliphatic carbocycles. The summed E-state index contributed by atoms with van der Waals surface area (Å²) < 4.78 is 24.3. The van der Waals surface area contributed by atoms with Crippen LogP contribution in [0.3, 0.4) is 0 Å². The Bertz CT molecular complexity index is 769. The van der Waals surface area contributed by atoms with Crippen LogP contribution in [-0.2, 0) is 9.84 Å². The van der Waals surface area contributed by atoms with Crippen molar-refractivity contribution in [2.75, 3.05) is 11.5 Å². The normalized spacial score (nSPS) is 19.8. The van der Waals surface area contributed by atoms with Gasteiger partial charge in [0.15, 0.2) is 9.84 Å². The van der Waals surface area contributed by atoms with Crippen LogP contribution in [0.15, 0.2) is 52.3 Å². The molecule has 1 aliphatic rings. The van der Waals surface area contributed by atoms with Crippen molar-refractivity contribution < 1.29 is 8.42 Å². The van der Waals surface area contributed by atoms with Crippen LogP contribution in [0.25, 0.3) is 0 Å². The molecule has 2 aromatic rings. The highest BCUT2D eigenvalue weighted by Gasteiger charge is 2.35. The molecule has 0 aromatic heterocycles. The highest BCUT2D eigenvalue weighted by atomic mass is 32.2. The van der Waals surface area contributed by atoms with E-state index in [9.17, 15) is 8.42 Å². The Hall–Kier alpha value is -1.46. The molecular formula is C15H15NO2S2. The predicted molar refractivity (Wildman–Crippen MR) is 82.7 cm³/mol. The van der Waals surface area contributed by atoms with E-state index in [1.165, 1.54) is 0 Å². The Morgan fingerprint density at radius 1 is 1.15 bits per heavy atom. The molecule has 0 saturated carbocycles. The standard InChI is InChI=1S/C15H15NO2S2/c1-10-12(16)6-4-7-13(10)19-14-9-20(17,18)15-8-3-2-5-11(14)15/h2-8,14H,9,16H2,1H3. The van der Waals surface area contributed by atoms with Gasteiger partial charge in [-0.2, -0.15) is 0 Å². The topological polar surface area (TPSA) is 60.2 Å². The Morgan fingerprint density at radius 3 is 2.70 bits per heavy atom. The predicted octanol–water partition coefficient (Wildman–Crippen LogP) is 3.20. The summed E-state index contributed by atoms with van der Waals surface area (Å²) in [5.74, 6) is 0.158. The smallest absolute Gasteiger partial charge is 0.180 e. The SMILES string of the molecule is Cc1c(N)cccc1SC1CS(=O)(=O)c2ccccc21. The highest BCUT2D eigenvalue weighted by molar-refractivity contribution is 8.01. The first-order valence-electron chi connectivity index (χ1n) is 6.32. The monoisotopic (exact) mass is 305 g/mol. The van der Waals surface area contributed by atoms with Gasteiger partial charge in [-0.15, -0.1) is 11.8 Å². The molecule has 3 nitrogen and oxygen atoms in total. The summed E-state index contributed by atoms with van der Waals surface area (Å²) in [5.41, 5.74) is 8.57. The minimum Gasteiger partial charge on any atom is -0.398 e. The number of hydrogen-bond acceptors (Lipinski definition) is 4.